The highest BCUT2D eigenvalue weighted by atomic mass is 14.7. The molecule has 0 heterocycles. The van der Waals surface area contributed by atoms with Gasteiger partial charge in [-0.05, 0) is 41.7 Å². The Morgan fingerprint density at radius 2 is 1.89 bits per heavy atom. The van der Waals surface area contributed by atoms with Gasteiger partial charge in [0.15, 0.2) is 0 Å². The highest BCUT2D eigenvalue weighted by molar-refractivity contribution is 5.27. The maximum absolute atomic E-state index is 6.53. The molecule has 2 N–H and O–H groups in total. The summed E-state index contributed by atoms with van der Waals surface area (Å²) in [5, 5.41) is 0. The normalized spacial score (nSPS) is 20.3. The zero-order chi connectivity index (χ0) is 13.2. The fourth-order valence-electron chi connectivity index (χ4n) is 3.28. The Bertz CT molecular complexity index is 388. The van der Waals surface area contributed by atoms with Crippen LogP contribution < -0.4 is 5.73 Å². The zero-order valence-corrected chi connectivity index (χ0v) is 12.1. The third-order valence-corrected chi connectivity index (χ3v) is 4.45. The van der Waals surface area contributed by atoms with Gasteiger partial charge in [-0.25, -0.2) is 0 Å². The Balaban J connectivity index is 2.17. The van der Waals surface area contributed by atoms with Gasteiger partial charge in [0.1, 0.15) is 0 Å². The molecule has 1 aromatic carbocycles. The molecule has 1 aromatic rings. The summed E-state index contributed by atoms with van der Waals surface area (Å²) < 4.78 is 0. The summed E-state index contributed by atoms with van der Waals surface area (Å²) in [6.07, 6.45) is 6.40. The summed E-state index contributed by atoms with van der Waals surface area (Å²) in [4.78, 5) is 0. The lowest BCUT2D eigenvalue weighted by molar-refractivity contribution is 0.265. The number of hydrogen-bond donors (Lipinski definition) is 1. The van der Waals surface area contributed by atoms with E-state index < -0.39 is 0 Å². The first kappa shape index (κ1) is 13.6. The first-order chi connectivity index (χ1) is 8.51. The molecule has 0 saturated heterocycles. The van der Waals surface area contributed by atoms with Crippen LogP contribution in [0, 0.1) is 11.3 Å². The van der Waals surface area contributed by atoms with E-state index >= 15 is 0 Å². The van der Waals surface area contributed by atoms with Crippen molar-refractivity contribution in [2.45, 2.75) is 58.9 Å². The van der Waals surface area contributed by atoms with Gasteiger partial charge in [-0.1, -0.05) is 57.9 Å². The van der Waals surface area contributed by atoms with E-state index in [1.54, 1.807) is 0 Å². The molecule has 100 valence electrons. The SMILES string of the molecule is CC(C)Cc1cccc(C(N)C2(C)CCCC2)c1. The summed E-state index contributed by atoms with van der Waals surface area (Å²) in [6.45, 7) is 6.90. The van der Waals surface area contributed by atoms with Crippen LogP contribution in [0.4, 0.5) is 0 Å². The van der Waals surface area contributed by atoms with E-state index in [0.29, 0.717) is 11.3 Å². The lowest BCUT2D eigenvalue weighted by Gasteiger charge is -2.31. The van der Waals surface area contributed by atoms with Gasteiger partial charge in [-0.3, -0.25) is 0 Å². The molecule has 1 fully saturated rings. The quantitative estimate of drug-likeness (QED) is 0.832. The second kappa shape index (κ2) is 5.44. The lowest BCUT2D eigenvalue weighted by atomic mass is 9.77. The Labute approximate surface area is 112 Å². The van der Waals surface area contributed by atoms with Crippen molar-refractivity contribution in [1.29, 1.82) is 0 Å². The molecule has 1 unspecified atom stereocenters. The third kappa shape index (κ3) is 2.95. The second-order valence-corrected chi connectivity index (χ2v) is 6.68. The number of benzene rings is 1. The fraction of sp³-hybridized carbons (Fsp3) is 0.647. The molecular formula is C17H27N. The first-order valence-corrected chi connectivity index (χ1v) is 7.36. The van der Waals surface area contributed by atoms with Crippen LogP contribution in [0.2, 0.25) is 0 Å². The molecule has 2 rings (SSSR count). The molecule has 0 spiro atoms. The molecule has 0 bridgehead atoms. The minimum absolute atomic E-state index is 0.201. The lowest BCUT2D eigenvalue weighted by Crippen LogP contribution is -2.29. The molecule has 0 radical (unpaired) electrons. The minimum atomic E-state index is 0.201. The number of hydrogen-bond acceptors (Lipinski definition) is 1. The predicted molar refractivity (Wildman–Crippen MR) is 78.5 cm³/mol. The van der Waals surface area contributed by atoms with Crippen molar-refractivity contribution in [3.8, 4) is 0 Å². The Morgan fingerprint density at radius 3 is 2.50 bits per heavy atom. The standard InChI is InChI=1S/C17H27N/c1-13(2)11-14-7-6-8-15(12-14)16(18)17(3)9-4-5-10-17/h6-8,12-13,16H,4-5,9-11,18H2,1-3H3. The van der Waals surface area contributed by atoms with Crippen molar-refractivity contribution >= 4 is 0 Å². The number of rotatable bonds is 4. The van der Waals surface area contributed by atoms with Crippen LogP contribution in [0.3, 0.4) is 0 Å². The van der Waals surface area contributed by atoms with Crippen molar-refractivity contribution in [2.24, 2.45) is 17.1 Å². The maximum Gasteiger partial charge on any atom is 0.0349 e. The average molecular weight is 245 g/mol. The van der Waals surface area contributed by atoms with Gasteiger partial charge in [0.05, 0.1) is 0 Å². The summed E-state index contributed by atoms with van der Waals surface area (Å²) >= 11 is 0. The summed E-state index contributed by atoms with van der Waals surface area (Å²) in [5.41, 5.74) is 9.61. The van der Waals surface area contributed by atoms with Gasteiger partial charge in [0, 0.05) is 6.04 Å². The molecule has 1 aliphatic carbocycles. The molecule has 18 heavy (non-hydrogen) atoms. The van der Waals surface area contributed by atoms with E-state index in [1.807, 2.05) is 0 Å². The predicted octanol–water partition coefficient (Wildman–Crippen LogP) is 4.47. The summed E-state index contributed by atoms with van der Waals surface area (Å²) in [6, 6.07) is 9.14. The van der Waals surface area contributed by atoms with Crippen LogP contribution in [-0.2, 0) is 6.42 Å². The number of nitrogens with two attached hydrogens (primary N) is 1. The van der Waals surface area contributed by atoms with Crippen LogP contribution in [0.15, 0.2) is 24.3 Å². The Hall–Kier alpha value is -0.820. The van der Waals surface area contributed by atoms with Gasteiger partial charge in [0.2, 0.25) is 0 Å². The topological polar surface area (TPSA) is 26.0 Å². The molecule has 1 saturated carbocycles. The van der Waals surface area contributed by atoms with Gasteiger partial charge < -0.3 is 5.73 Å². The van der Waals surface area contributed by atoms with Crippen molar-refractivity contribution in [3.63, 3.8) is 0 Å². The minimum Gasteiger partial charge on any atom is -0.323 e. The average Bonchev–Trinajstić information content (AvgIpc) is 2.76. The highest BCUT2D eigenvalue weighted by Crippen LogP contribution is 2.45. The molecule has 0 aromatic heterocycles. The molecule has 1 aliphatic rings. The van der Waals surface area contributed by atoms with Crippen LogP contribution in [-0.4, -0.2) is 0 Å². The van der Waals surface area contributed by atoms with Gasteiger partial charge >= 0.3 is 0 Å². The van der Waals surface area contributed by atoms with Crippen molar-refractivity contribution < 1.29 is 0 Å². The molecule has 1 atom stereocenters. The van der Waals surface area contributed by atoms with E-state index in [1.165, 1.54) is 36.8 Å². The van der Waals surface area contributed by atoms with E-state index in [9.17, 15) is 0 Å². The van der Waals surface area contributed by atoms with Crippen LogP contribution in [0.5, 0.6) is 0 Å². The smallest absolute Gasteiger partial charge is 0.0349 e. The van der Waals surface area contributed by atoms with E-state index in [-0.39, 0.29) is 6.04 Å². The van der Waals surface area contributed by atoms with Gasteiger partial charge in [-0.2, -0.15) is 0 Å². The zero-order valence-electron chi connectivity index (χ0n) is 12.1. The summed E-state index contributed by atoms with van der Waals surface area (Å²) in [7, 11) is 0. The monoisotopic (exact) mass is 245 g/mol. The van der Waals surface area contributed by atoms with E-state index in [4.69, 9.17) is 5.73 Å². The molecular weight excluding hydrogens is 218 g/mol. The third-order valence-electron chi connectivity index (χ3n) is 4.45. The fourth-order valence-corrected chi connectivity index (χ4v) is 3.28. The molecule has 1 nitrogen and oxygen atoms in total. The van der Waals surface area contributed by atoms with E-state index in [0.717, 1.165) is 6.42 Å². The van der Waals surface area contributed by atoms with Crippen LogP contribution in [0.25, 0.3) is 0 Å². The summed E-state index contributed by atoms with van der Waals surface area (Å²) in [5.74, 6) is 0.707. The van der Waals surface area contributed by atoms with Crippen molar-refractivity contribution in [2.75, 3.05) is 0 Å². The highest BCUT2D eigenvalue weighted by Gasteiger charge is 2.35. The van der Waals surface area contributed by atoms with Gasteiger partial charge in [0.25, 0.3) is 0 Å². The van der Waals surface area contributed by atoms with E-state index in [2.05, 4.69) is 45.0 Å². The van der Waals surface area contributed by atoms with Crippen LogP contribution in [0.1, 0.15) is 63.6 Å². The first-order valence-electron chi connectivity index (χ1n) is 7.36. The van der Waals surface area contributed by atoms with Crippen molar-refractivity contribution in [1.82, 2.24) is 0 Å². The molecule has 0 aliphatic heterocycles. The second-order valence-electron chi connectivity index (χ2n) is 6.68. The Kier molecular flexibility index (Phi) is 4.11. The Morgan fingerprint density at radius 1 is 1.22 bits per heavy atom. The maximum atomic E-state index is 6.53. The largest absolute Gasteiger partial charge is 0.323 e. The van der Waals surface area contributed by atoms with Crippen LogP contribution >= 0.6 is 0 Å². The van der Waals surface area contributed by atoms with Crippen molar-refractivity contribution in [3.05, 3.63) is 35.4 Å². The molecule has 1 heteroatoms. The van der Waals surface area contributed by atoms with Gasteiger partial charge in [-0.15, -0.1) is 0 Å². The molecule has 0 amide bonds.